The molecule has 116 valence electrons. The number of nitrogens with one attached hydrogen (secondary N) is 1. The van der Waals surface area contributed by atoms with Crippen molar-refractivity contribution in [3.05, 3.63) is 21.4 Å². The van der Waals surface area contributed by atoms with Crippen molar-refractivity contribution in [3.63, 3.8) is 0 Å². The van der Waals surface area contributed by atoms with E-state index < -0.39 is 0 Å². The Bertz CT molecular complexity index is 526. The molecule has 0 fully saturated rings. The molecule has 5 heteroatoms. The van der Waals surface area contributed by atoms with Crippen LogP contribution in [-0.2, 0) is 0 Å². The second-order valence-corrected chi connectivity index (χ2v) is 6.42. The Hall–Kier alpha value is -1.35. The molecule has 1 amide bonds. The van der Waals surface area contributed by atoms with Gasteiger partial charge in [-0.25, -0.2) is 0 Å². The molecule has 1 aromatic heterocycles. The fraction of sp³-hybridized carbons (Fsp3) is 0.562. The van der Waals surface area contributed by atoms with Gasteiger partial charge in [0, 0.05) is 12.5 Å². The summed E-state index contributed by atoms with van der Waals surface area (Å²) in [6.07, 6.45) is 1.38. The first-order valence-electron chi connectivity index (χ1n) is 7.09. The molecule has 2 N–H and O–H groups in total. The summed E-state index contributed by atoms with van der Waals surface area (Å²) in [6.45, 7) is 4.98. The Balaban J connectivity index is 2.63. The third-order valence-corrected chi connectivity index (χ3v) is 4.12. The van der Waals surface area contributed by atoms with Gasteiger partial charge in [-0.15, -0.1) is 11.3 Å². The summed E-state index contributed by atoms with van der Waals surface area (Å²) < 4.78 is 0. The number of carbonyl (C=O) groups is 1. The summed E-state index contributed by atoms with van der Waals surface area (Å²) in [5.74, 6) is 5.86. The second kappa shape index (κ2) is 8.83. The molecule has 0 aromatic carbocycles. The Morgan fingerprint density at radius 2 is 2.24 bits per heavy atom. The molecule has 1 unspecified atom stereocenters. The molecule has 4 nitrogen and oxygen atoms in total. The highest BCUT2D eigenvalue weighted by Gasteiger charge is 2.14. The van der Waals surface area contributed by atoms with Gasteiger partial charge < -0.3 is 15.3 Å². The van der Waals surface area contributed by atoms with E-state index in [2.05, 4.69) is 22.1 Å². The summed E-state index contributed by atoms with van der Waals surface area (Å²) in [4.78, 5) is 15.9. The van der Waals surface area contributed by atoms with E-state index in [1.165, 1.54) is 11.3 Å². The number of aliphatic hydroxyl groups is 1. The molecule has 0 aliphatic rings. The molecule has 1 atom stereocenters. The van der Waals surface area contributed by atoms with E-state index in [1.54, 1.807) is 0 Å². The van der Waals surface area contributed by atoms with Gasteiger partial charge in [-0.2, -0.15) is 0 Å². The fourth-order valence-corrected chi connectivity index (χ4v) is 2.69. The van der Waals surface area contributed by atoms with Crippen molar-refractivity contribution in [1.29, 1.82) is 0 Å². The monoisotopic (exact) mass is 308 g/mol. The molecule has 21 heavy (non-hydrogen) atoms. The van der Waals surface area contributed by atoms with E-state index >= 15 is 0 Å². The minimum atomic E-state index is -0.0374. The normalized spacial score (nSPS) is 11.9. The standard InChI is InChI=1S/C16H24N2O2S/c1-12-11-15(21-14(12)7-5-6-10-19)16(20)17-13(2)8-9-18(3)4/h11,13,19H,6,8-10H2,1-4H3,(H,17,20). The molecule has 1 heterocycles. The summed E-state index contributed by atoms with van der Waals surface area (Å²) >= 11 is 1.41. The van der Waals surface area contributed by atoms with E-state index in [4.69, 9.17) is 5.11 Å². The van der Waals surface area contributed by atoms with Gasteiger partial charge in [0.1, 0.15) is 0 Å². The Morgan fingerprint density at radius 1 is 1.52 bits per heavy atom. The largest absolute Gasteiger partial charge is 0.395 e. The van der Waals surface area contributed by atoms with Crippen molar-refractivity contribution in [2.45, 2.75) is 32.7 Å². The third-order valence-electron chi connectivity index (χ3n) is 2.97. The van der Waals surface area contributed by atoms with Crippen LogP contribution in [0.3, 0.4) is 0 Å². The van der Waals surface area contributed by atoms with E-state index in [9.17, 15) is 4.79 Å². The maximum atomic E-state index is 12.2. The molecular weight excluding hydrogens is 284 g/mol. The number of hydrogen-bond donors (Lipinski definition) is 2. The molecular formula is C16H24N2O2S. The van der Waals surface area contributed by atoms with Gasteiger partial charge in [-0.1, -0.05) is 11.8 Å². The smallest absolute Gasteiger partial charge is 0.261 e. The van der Waals surface area contributed by atoms with Crippen LogP contribution in [0.2, 0.25) is 0 Å². The zero-order valence-corrected chi connectivity index (χ0v) is 14.0. The van der Waals surface area contributed by atoms with E-state index in [0.29, 0.717) is 11.3 Å². The quantitative estimate of drug-likeness (QED) is 0.789. The number of aryl methyl sites for hydroxylation is 1. The highest BCUT2D eigenvalue weighted by molar-refractivity contribution is 7.14. The van der Waals surface area contributed by atoms with Gasteiger partial charge in [0.25, 0.3) is 5.91 Å². The zero-order chi connectivity index (χ0) is 15.8. The van der Waals surface area contributed by atoms with Crippen LogP contribution in [0.5, 0.6) is 0 Å². The van der Waals surface area contributed by atoms with Crippen LogP contribution in [0.15, 0.2) is 6.07 Å². The van der Waals surface area contributed by atoms with Crippen molar-refractivity contribution >= 4 is 17.2 Å². The van der Waals surface area contributed by atoms with Crippen LogP contribution in [0, 0.1) is 18.8 Å². The number of hydrogen-bond acceptors (Lipinski definition) is 4. The predicted molar refractivity (Wildman–Crippen MR) is 87.7 cm³/mol. The zero-order valence-electron chi connectivity index (χ0n) is 13.2. The van der Waals surface area contributed by atoms with Crippen molar-refractivity contribution in [1.82, 2.24) is 10.2 Å². The van der Waals surface area contributed by atoms with Crippen molar-refractivity contribution in [2.75, 3.05) is 27.2 Å². The summed E-state index contributed by atoms with van der Waals surface area (Å²) in [7, 11) is 4.04. The average molecular weight is 308 g/mol. The van der Waals surface area contributed by atoms with Gasteiger partial charge in [-0.05, 0) is 52.5 Å². The molecule has 0 bridgehead atoms. The number of carbonyl (C=O) groups excluding carboxylic acids is 1. The Morgan fingerprint density at radius 3 is 2.86 bits per heavy atom. The predicted octanol–water partition coefficient (Wildman–Crippen LogP) is 1.86. The van der Waals surface area contributed by atoms with Gasteiger partial charge in [0.15, 0.2) is 0 Å². The number of rotatable bonds is 6. The molecule has 0 aliphatic carbocycles. The summed E-state index contributed by atoms with van der Waals surface area (Å²) in [5.41, 5.74) is 1.01. The first kappa shape index (κ1) is 17.7. The molecule has 0 spiro atoms. The van der Waals surface area contributed by atoms with E-state index in [-0.39, 0.29) is 18.6 Å². The van der Waals surface area contributed by atoms with Crippen LogP contribution in [-0.4, -0.2) is 49.2 Å². The molecule has 0 aliphatic heterocycles. The maximum absolute atomic E-state index is 12.2. The maximum Gasteiger partial charge on any atom is 0.261 e. The molecule has 0 saturated heterocycles. The van der Waals surface area contributed by atoms with Gasteiger partial charge in [-0.3, -0.25) is 4.79 Å². The first-order chi connectivity index (χ1) is 9.93. The number of nitrogens with zero attached hydrogens (tertiary/aromatic N) is 1. The summed E-state index contributed by atoms with van der Waals surface area (Å²) in [5, 5.41) is 11.7. The Kier molecular flexibility index (Phi) is 7.44. The molecule has 1 rings (SSSR count). The fourth-order valence-electron chi connectivity index (χ4n) is 1.74. The van der Waals surface area contributed by atoms with Crippen LogP contribution >= 0.6 is 11.3 Å². The topological polar surface area (TPSA) is 52.6 Å². The SMILES string of the molecule is Cc1cc(C(=O)NC(C)CCN(C)C)sc1C#CCCO. The van der Waals surface area contributed by atoms with E-state index in [0.717, 1.165) is 23.4 Å². The molecule has 0 radical (unpaired) electrons. The molecule has 1 aromatic rings. The van der Waals surface area contributed by atoms with Gasteiger partial charge in [0.05, 0.1) is 16.4 Å². The van der Waals surface area contributed by atoms with Crippen LogP contribution in [0.25, 0.3) is 0 Å². The number of amides is 1. The van der Waals surface area contributed by atoms with Gasteiger partial charge >= 0.3 is 0 Å². The highest BCUT2D eigenvalue weighted by atomic mass is 32.1. The van der Waals surface area contributed by atoms with Crippen molar-refractivity contribution in [2.24, 2.45) is 0 Å². The lowest BCUT2D eigenvalue weighted by atomic mass is 10.2. The van der Waals surface area contributed by atoms with Crippen molar-refractivity contribution in [3.8, 4) is 11.8 Å². The van der Waals surface area contributed by atoms with Crippen molar-refractivity contribution < 1.29 is 9.90 Å². The lowest BCUT2D eigenvalue weighted by Gasteiger charge is -2.16. The van der Waals surface area contributed by atoms with E-state index in [1.807, 2.05) is 34.0 Å². The third kappa shape index (κ3) is 6.30. The number of aliphatic hydroxyl groups excluding tert-OH is 1. The lowest BCUT2D eigenvalue weighted by molar-refractivity contribution is 0.0941. The number of thiophene rings is 1. The average Bonchev–Trinajstić information content (AvgIpc) is 2.78. The van der Waals surface area contributed by atoms with Crippen LogP contribution < -0.4 is 5.32 Å². The van der Waals surface area contributed by atoms with Gasteiger partial charge in [0.2, 0.25) is 0 Å². The van der Waals surface area contributed by atoms with Crippen LogP contribution in [0.4, 0.5) is 0 Å². The lowest BCUT2D eigenvalue weighted by Crippen LogP contribution is -2.34. The Labute approximate surface area is 131 Å². The minimum Gasteiger partial charge on any atom is -0.395 e. The first-order valence-corrected chi connectivity index (χ1v) is 7.91. The second-order valence-electron chi connectivity index (χ2n) is 5.36. The highest BCUT2D eigenvalue weighted by Crippen LogP contribution is 2.21. The van der Waals surface area contributed by atoms with Crippen LogP contribution in [0.1, 0.15) is 39.9 Å². The molecule has 0 saturated carbocycles. The summed E-state index contributed by atoms with van der Waals surface area (Å²) in [6, 6.07) is 2.02. The minimum absolute atomic E-state index is 0.0374.